The third kappa shape index (κ3) is 2.58. The Labute approximate surface area is 101 Å². The number of benzene rings is 1. The molecule has 0 amide bonds. The van der Waals surface area contributed by atoms with Gasteiger partial charge in [-0.05, 0) is 18.7 Å². The molecule has 1 heterocycles. The summed E-state index contributed by atoms with van der Waals surface area (Å²) in [6.45, 7) is 1.68. The molecule has 17 heavy (non-hydrogen) atoms. The molecular weight excluding hydrogens is 218 g/mol. The van der Waals surface area contributed by atoms with Crippen LogP contribution >= 0.6 is 0 Å². The SMILES string of the molecule is COC(=O)OC1(c2ccccc2)CCNCC1. The molecule has 1 aromatic rings. The smallest absolute Gasteiger partial charge is 0.438 e. The van der Waals surface area contributed by atoms with Crippen molar-refractivity contribution in [3.05, 3.63) is 35.9 Å². The van der Waals surface area contributed by atoms with Gasteiger partial charge in [-0.2, -0.15) is 0 Å². The monoisotopic (exact) mass is 235 g/mol. The lowest BCUT2D eigenvalue weighted by Gasteiger charge is -2.36. The van der Waals surface area contributed by atoms with Crippen LogP contribution < -0.4 is 5.32 Å². The van der Waals surface area contributed by atoms with E-state index in [1.165, 1.54) is 7.11 Å². The van der Waals surface area contributed by atoms with Crippen molar-refractivity contribution in [2.75, 3.05) is 20.2 Å². The molecule has 1 saturated heterocycles. The zero-order valence-corrected chi connectivity index (χ0v) is 9.94. The minimum Gasteiger partial charge on any atom is -0.438 e. The van der Waals surface area contributed by atoms with E-state index in [1.54, 1.807) is 0 Å². The molecule has 1 fully saturated rings. The molecule has 1 aliphatic heterocycles. The van der Waals surface area contributed by atoms with Crippen molar-refractivity contribution in [1.29, 1.82) is 0 Å². The molecule has 0 atom stereocenters. The highest BCUT2D eigenvalue weighted by atomic mass is 16.7. The summed E-state index contributed by atoms with van der Waals surface area (Å²) in [4.78, 5) is 11.4. The Bertz CT molecular complexity index is 372. The van der Waals surface area contributed by atoms with Gasteiger partial charge in [0.1, 0.15) is 5.60 Å². The molecule has 4 nitrogen and oxygen atoms in total. The molecule has 0 aliphatic carbocycles. The zero-order chi connectivity index (χ0) is 12.1. The molecule has 0 bridgehead atoms. The van der Waals surface area contributed by atoms with Gasteiger partial charge in [0.15, 0.2) is 0 Å². The van der Waals surface area contributed by atoms with Gasteiger partial charge in [-0.1, -0.05) is 30.3 Å². The van der Waals surface area contributed by atoms with E-state index in [9.17, 15) is 4.79 Å². The first-order valence-electron chi connectivity index (χ1n) is 5.80. The fraction of sp³-hybridized carbons (Fsp3) is 0.462. The summed E-state index contributed by atoms with van der Waals surface area (Å²) in [7, 11) is 1.34. The fourth-order valence-electron chi connectivity index (χ4n) is 2.22. The van der Waals surface area contributed by atoms with Crippen LogP contribution in [-0.4, -0.2) is 26.4 Å². The van der Waals surface area contributed by atoms with Crippen molar-refractivity contribution in [2.45, 2.75) is 18.4 Å². The van der Waals surface area contributed by atoms with E-state index in [4.69, 9.17) is 4.74 Å². The van der Waals surface area contributed by atoms with Crippen LogP contribution in [0.4, 0.5) is 4.79 Å². The van der Waals surface area contributed by atoms with Crippen LogP contribution in [0.25, 0.3) is 0 Å². The van der Waals surface area contributed by atoms with E-state index >= 15 is 0 Å². The number of piperidine rings is 1. The number of nitrogens with one attached hydrogen (secondary N) is 1. The summed E-state index contributed by atoms with van der Waals surface area (Å²) in [5, 5.41) is 3.27. The van der Waals surface area contributed by atoms with Crippen molar-refractivity contribution < 1.29 is 14.3 Å². The van der Waals surface area contributed by atoms with Gasteiger partial charge in [0.05, 0.1) is 7.11 Å². The summed E-state index contributed by atoms with van der Waals surface area (Å²) >= 11 is 0. The zero-order valence-electron chi connectivity index (χ0n) is 9.94. The lowest BCUT2D eigenvalue weighted by molar-refractivity contribution is -0.0490. The minimum atomic E-state index is -0.615. The molecule has 92 valence electrons. The van der Waals surface area contributed by atoms with E-state index in [0.29, 0.717) is 0 Å². The van der Waals surface area contributed by atoms with Gasteiger partial charge in [0, 0.05) is 12.8 Å². The molecule has 0 aromatic heterocycles. The average Bonchev–Trinajstić information content (AvgIpc) is 2.40. The van der Waals surface area contributed by atoms with Crippen molar-refractivity contribution in [3.8, 4) is 0 Å². The Morgan fingerprint density at radius 3 is 2.47 bits per heavy atom. The van der Waals surface area contributed by atoms with Crippen LogP contribution in [0.5, 0.6) is 0 Å². The maximum absolute atomic E-state index is 11.4. The number of hydrogen-bond acceptors (Lipinski definition) is 4. The van der Waals surface area contributed by atoms with Crippen molar-refractivity contribution in [2.24, 2.45) is 0 Å². The summed E-state index contributed by atoms with van der Waals surface area (Å²) < 4.78 is 10.1. The first-order valence-corrected chi connectivity index (χ1v) is 5.80. The highest BCUT2D eigenvalue weighted by Crippen LogP contribution is 2.35. The van der Waals surface area contributed by atoms with E-state index in [0.717, 1.165) is 31.5 Å². The lowest BCUT2D eigenvalue weighted by Crippen LogP contribution is -2.43. The quantitative estimate of drug-likeness (QED) is 0.797. The van der Waals surface area contributed by atoms with E-state index < -0.39 is 11.8 Å². The predicted octanol–water partition coefficient (Wildman–Crippen LogP) is 2.05. The first-order chi connectivity index (χ1) is 8.27. The first kappa shape index (κ1) is 11.9. The van der Waals surface area contributed by atoms with E-state index in [1.807, 2.05) is 30.3 Å². The lowest BCUT2D eigenvalue weighted by atomic mass is 9.85. The molecule has 1 aliphatic rings. The van der Waals surface area contributed by atoms with Gasteiger partial charge in [0.25, 0.3) is 0 Å². The van der Waals surface area contributed by atoms with Crippen LogP contribution in [0.15, 0.2) is 30.3 Å². The van der Waals surface area contributed by atoms with Crippen molar-refractivity contribution >= 4 is 6.16 Å². The van der Waals surface area contributed by atoms with Gasteiger partial charge in [0.2, 0.25) is 0 Å². The summed E-state index contributed by atoms with van der Waals surface area (Å²) in [5.74, 6) is 0. The van der Waals surface area contributed by atoms with Crippen LogP contribution in [0, 0.1) is 0 Å². The molecule has 1 N–H and O–H groups in total. The summed E-state index contributed by atoms with van der Waals surface area (Å²) in [6, 6.07) is 9.86. The Balaban J connectivity index is 2.26. The second-order valence-electron chi connectivity index (χ2n) is 4.17. The number of methoxy groups -OCH3 is 1. The number of carbonyl (C=O) groups is 1. The third-order valence-electron chi connectivity index (χ3n) is 3.16. The van der Waals surface area contributed by atoms with Crippen LogP contribution in [0.1, 0.15) is 18.4 Å². The summed E-state index contributed by atoms with van der Waals surface area (Å²) in [5.41, 5.74) is 0.492. The second kappa shape index (κ2) is 5.19. The van der Waals surface area contributed by atoms with Gasteiger partial charge >= 0.3 is 6.16 Å². The second-order valence-corrected chi connectivity index (χ2v) is 4.17. The molecule has 4 heteroatoms. The normalized spacial score (nSPS) is 18.4. The van der Waals surface area contributed by atoms with Gasteiger partial charge in [-0.25, -0.2) is 4.79 Å². The molecular formula is C13H17NO3. The molecule has 0 spiro atoms. The summed E-state index contributed by atoms with van der Waals surface area (Å²) in [6.07, 6.45) is 0.925. The number of hydrogen-bond donors (Lipinski definition) is 1. The van der Waals surface area contributed by atoms with Gasteiger partial charge in [-0.3, -0.25) is 0 Å². The fourth-order valence-corrected chi connectivity index (χ4v) is 2.22. The van der Waals surface area contributed by atoms with E-state index in [-0.39, 0.29) is 0 Å². The van der Waals surface area contributed by atoms with Crippen LogP contribution in [0.2, 0.25) is 0 Å². The maximum atomic E-state index is 11.4. The highest BCUT2D eigenvalue weighted by molar-refractivity contribution is 5.60. The van der Waals surface area contributed by atoms with Crippen molar-refractivity contribution in [1.82, 2.24) is 5.32 Å². The molecule has 0 unspecified atom stereocenters. The number of rotatable bonds is 2. The van der Waals surface area contributed by atoms with Crippen LogP contribution in [-0.2, 0) is 15.1 Å². The minimum absolute atomic E-state index is 0.542. The topological polar surface area (TPSA) is 47.6 Å². The molecule has 1 aromatic carbocycles. The Kier molecular flexibility index (Phi) is 3.64. The average molecular weight is 235 g/mol. The number of carbonyl (C=O) groups excluding carboxylic acids is 1. The predicted molar refractivity (Wildman–Crippen MR) is 63.7 cm³/mol. The maximum Gasteiger partial charge on any atom is 0.508 e. The third-order valence-corrected chi connectivity index (χ3v) is 3.16. The van der Waals surface area contributed by atoms with Gasteiger partial charge in [-0.15, -0.1) is 0 Å². The number of ether oxygens (including phenoxy) is 2. The van der Waals surface area contributed by atoms with Crippen LogP contribution in [0.3, 0.4) is 0 Å². The molecule has 0 radical (unpaired) electrons. The Hall–Kier alpha value is -1.55. The highest BCUT2D eigenvalue weighted by Gasteiger charge is 2.38. The van der Waals surface area contributed by atoms with Crippen molar-refractivity contribution in [3.63, 3.8) is 0 Å². The molecule has 2 rings (SSSR count). The van der Waals surface area contributed by atoms with E-state index in [2.05, 4.69) is 10.1 Å². The largest absolute Gasteiger partial charge is 0.508 e. The van der Waals surface area contributed by atoms with Gasteiger partial charge < -0.3 is 14.8 Å². The standard InChI is InChI=1S/C13H17NO3/c1-16-12(15)17-13(7-9-14-10-8-13)11-5-3-2-4-6-11/h2-6,14H,7-10H2,1H3. The molecule has 0 saturated carbocycles. The Morgan fingerprint density at radius 1 is 1.24 bits per heavy atom. The Morgan fingerprint density at radius 2 is 1.88 bits per heavy atom.